The van der Waals surface area contributed by atoms with Crippen LogP contribution >= 0.6 is 0 Å². The van der Waals surface area contributed by atoms with Gasteiger partial charge in [-0.1, -0.05) is 30.3 Å². The Morgan fingerprint density at radius 1 is 1.21 bits per heavy atom. The minimum absolute atomic E-state index is 0.146. The van der Waals surface area contributed by atoms with E-state index in [2.05, 4.69) is 5.10 Å². The Morgan fingerprint density at radius 2 is 1.88 bits per heavy atom. The minimum atomic E-state index is -3.63. The number of nitrogens with zero attached hydrogens (tertiary/aromatic N) is 3. The summed E-state index contributed by atoms with van der Waals surface area (Å²) in [6, 6.07) is 9.66. The molecule has 24 heavy (non-hydrogen) atoms. The molecule has 3 rings (SSSR count). The lowest BCUT2D eigenvalue weighted by molar-refractivity contribution is -0.142. The standard InChI is InChI=1S/C16H19N3O4S/c20-16(21)14-6-8-19(9-7-14)24(22,23)15-10-17-18(12-15)11-13-4-2-1-3-5-13/h1-5,10,12,14H,6-9,11H2,(H,20,21). The highest BCUT2D eigenvalue weighted by Gasteiger charge is 2.32. The van der Waals surface area contributed by atoms with Gasteiger partial charge in [0.1, 0.15) is 4.90 Å². The Labute approximate surface area is 140 Å². The van der Waals surface area contributed by atoms with Crippen LogP contribution in [0.2, 0.25) is 0 Å². The first-order valence-corrected chi connectivity index (χ1v) is 9.20. The summed E-state index contributed by atoms with van der Waals surface area (Å²) >= 11 is 0. The molecule has 1 aromatic carbocycles. The largest absolute Gasteiger partial charge is 0.481 e. The highest BCUT2D eigenvalue weighted by atomic mass is 32.2. The molecule has 1 aliphatic heterocycles. The number of carboxylic acids is 1. The highest BCUT2D eigenvalue weighted by molar-refractivity contribution is 7.89. The number of piperidine rings is 1. The average molecular weight is 349 g/mol. The van der Waals surface area contributed by atoms with Gasteiger partial charge in [0.15, 0.2) is 0 Å². The van der Waals surface area contributed by atoms with Gasteiger partial charge in [-0.05, 0) is 18.4 Å². The molecule has 1 saturated heterocycles. The van der Waals surface area contributed by atoms with E-state index in [-0.39, 0.29) is 18.0 Å². The van der Waals surface area contributed by atoms with Crippen LogP contribution in [0.5, 0.6) is 0 Å². The van der Waals surface area contributed by atoms with Crippen molar-refractivity contribution in [1.29, 1.82) is 0 Å². The third-order valence-electron chi connectivity index (χ3n) is 4.24. The summed E-state index contributed by atoms with van der Waals surface area (Å²) in [6.07, 6.45) is 3.55. The fraction of sp³-hybridized carbons (Fsp3) is 0.375. The predicted octanol–water partition coefficient (Wildman–Crippen LogP) is 1.42. The summed E-state index contributed by atoms with van der Waals surface area (Å²) < 4.78 is 28.2. The molecule has 0 radical (unpaired) electrons. The van der Waals surface area contributed by atoms with E-state index in [0.717, 1.165) is 5.56 Å². The topological polar surface area (TPSA) is 92.5 Å². The van der Waals surface area contributed by atoms with Gasteiger partial charge in [-0.25, -0.2) is 8.42 Å². The molecule has 1 aliphatic rings. The molecule has 0 saturated carbocycles. The van der Waals surface area contributed by atoms with Crippen LogP contribution in [0.15, 0.2) is 47.6 Å². The van der Waals surface area contributed by atoms with E-state index in [1.807, 2.05) is 30.3 Å². The smallest absolute Gasteiger partial charge is 0.306 e. The van der Waals surface area contributed by atoms with Crippen molar-refractivity contribution in [1.82, 2.24) is 14.1 Å². The van der Waals surface area contributed by atoms with Crippen LogP contribution in [0.1, 0.15) is 18.4 Å². The fourth-order valence-electron chi connectivity index (χ4n) is 2.83. The van der Waals surface area contributed by atoms with E-state index in [4.69, 9.17) is 5.11 Å². The maximum Gasteiger partial charge on any atom is 0.306 e. The van der Waals surface area contributed by atoms with Gasteiger partial charge in [0.05, 0.1) is 18.7 Å². The van der Waals surface area contributed by atoms with Gasteiger partial charge in [0.2, 0.25) is 10.0 Å². The number of rotatable bonds is 5. The number of carbonyl (C=O) groups is 1. The van der Waals surface area contributed by atoms with Gasteiger partial charge in [-0.3, -0.25) is 9.48 Å². The first-order chi connectivity index (χ1) is 11.5. The average Bonchev–Trinajstić information content (AvgIpc) is 3.05. The molecule has 1 N–H and O–H groups in total. The Kier molecular flexibility index (Phi) is 4.68. The number of aromatic nitrogens is 2. The van der Waals surface area contributed by atoms with Gasteiger partial charge >= 0.3 is 5.97 Å². The zero-order valence-corrected chi connectivity index (χ0v) is 13.9. The van der Waals surface area contributed by atoms with E-state index in [1.165, 1.54) is 16.7 Å². The maximum atomic E-state index is 12.7. The van der Waals surface area contributed by atoms with Crippen LogP contribution < -0.4 is 0 Å². The second-order valence-electron chi connectivity index (χ2n) is 5.88. The van der Waals surface area contributed by atoms with Gasteiger partial charge in [-0.2, -0.15) is 9.40 Å². The summed E-state index contributed by atoms with van der Waals surface area (Å²) in [5, 5.41) is 13.1. The van der Waals surface area contributed by atoms with E-state index >= 15 is 0 Å². The van der Waals surface area contributed by atoms with Crippen molar-refractivity contribution in [3.63, 3.8) is 0 Å². The Bertz CT molecular complexity index is 809. The van der Waals surface area contributed by atoms with Crippen LogP contribution in [0, 0.1) is 5.92 Å². The summed E-state index contributed by atoms with van der Waals surface area (Å²) in [4.78, 5) is 11.1. The zero-order valence-electron chi connectivity index (χ0n) is 13.1. The molecule has 0 aliphatic carbocycles. The number of aliphatic carboxylic acids is 1. The van der Waals surface area contributed by atoms with E-state index in [0.29, 0.717) is 19.4 Å². The zero-order chi connectivity index (χ0) is 17.2. The van der Waals surface area contributed by atoms with E-state index in [1.54, 1.807) is 4.68 Å². The molecule has 2 heterocycles. The second-order valence-corrected chi connectivity index (χ2v) is 7.81. The maximum absolute atomic E-state index is 12.7. The quantitative estimate of drug-likeness (QED) is 0.881. The van der Waals surface area contributed by atoms with Crippen molar-refractivity contribution in [2.75, 3.05) is 13.1 Å². The normalized spacial score (nSPS) is 17.0. The second kappa shape index (κ2) is 6.74. The van der Waals surface area contributed by atoms with Crippen LogP contribution in [0.3, 0.4) is 0 Å². The summed E-state index contributed by atoms with van der Waals surface area (Å²) in [5.74, 6) is -1.32. The van der Waals surface area contributed by atoms with Gasteiger partial charge < -0.3 is 5.11 Å². The molecule has 0 unspecified atom stereocenters. The van der Waals surface area contributed by atoms with Crippen molar-refractivity contribution in [2.45, 2.75) is 24.3 Å². The molecular weight excluding hydrogens is 330 g/mol. The van der Waals surface area contributed by atoms with Crippen LogP contribution in [-0.2, 0) is 21.4 Å². The monoisotopic (exact) mass is 349 g/mol. The summed E-state index contributed by atoms with van der Waals surface area (Å²) in [5.41, 5.74) is 1.03. The molecule has 0 spiro atoms. The van der Waals surface area contributed by atoms with Crippen molar-refractivity contribution < 1.29 is 18.3 Å². The van der Waals surface area contributed by atoms with E-state index in [9.17, 15) is 13.2 Å². The van der Waals surface area contributed by atoms with Crippen molar-refractivity contribution >= 4 is 16.0 Å². The molecule has 1 aromatic heterocycles. The third kappa shape index (κ3) is 3.49. The molecule has 0 amide bonds. The Morgan fingerprint density at radius 3 is 2.50 bits per heavy atom. The van der Waals surface area contributed by atoms with Gasteiger partial charge in [-0.15, -0.1) is 0 Å². The Balaban J connectivity index is 1.71. The number of benzene rings is 1. The summed E-state index contributed by atoms with van der Waals surface area (Å²) in [7, 11) is -3.63. The first-order valence-electron chi connectivity index (χ1n) is 7.76. The van der Waals surface area contributed by atoms with Gasteiger partial charge in [0, 0.05) is 19.3 Å². The predicted molar refractivity (Wildman–Crippen MR) is 86.9 cm³/mol. The molecular formula is C16H19N3O4S. The lowest BCUT2D eigenvalue weighted by Crippen LogP contribution is -2.40. The number of hydrogen-bond acceptors (Lipinski definition) is 4. The molecule has 1 fully saturated rings. The molecule has 7 nitrogen and oxygen atoms in total. The van der Waals surface area contributed by atoms with Gasteiger partial charge in [0.25, 0.3) is 0 Å². The number of hydrogen-bond donors (Lipinski definition) is 1. The number of sulfonamides is 1. The lowest BCUT2D eigenvalue weighted by Gasteiger charge is -2.28. The van der Waals surface area contributed by atoms with Crippen molar-refractivity contribution in [2.24, 2.45) is 5.92 Å². The molecule has 8 heteroatoms. The SMILES string of the molecule is O=C(O)C1CCN(S(=O)(=O)c2cnn(Cc3ccccc3)c2)CC1. The molecule has 0 bridgehead atoms. The van der Waals surface area contributed by atoms with Crippen LogP contribution in [0.25, 0.3) is 0 Å². The first kappa shape index (κ1) is 16.7. The van der Waals surface area contributed by atoms with Crippen molar-refractivity contribution in [3.8, 4) is 0 Å². The van der Waals surface area contributed by atoms with E-state index < -0.39 is 21.9 Å². The third-order valence-corrected chi connectivity index (χ3v) is 6.09. The highest BCUT2D eigenvalue weighted by Crippen LogP contribution is 2.23. The number of carboxylic acid groups (broad SMARTS) is 1. The lowest BCUT2D eigenvalue weighted by atomic mass is 9.99. The van der Waals surface area contributed by atoms with Crippen LogP contribution in [0.4, 0.5) is 0 Å². The molecule has 2 aromatic rings. The fourth-order valence-corrected chi connectivity index (χ4v) is 4.25. The van der Waals surface area contributed by atoms with Crippen molar-refractivity contribution in [3.05, 3.63) is 48.3 Å². The summed E-state index contributed by atoms with van der Waals surface area (Å²) in [6.45, 7) is 0.948. The molecule has 0 atom stereocenters. The van der Waals surface area contributed by atoms with Crippen LogP contribution in [-0.4, -0.2) is 46.7 Å². The minimum Gasteiger partial charge on any atom is -0.481 e. The molecule has 128 valence electrons. The Hall–Kier alpha value is -2.19.